The van der Waals surface area contributed by atoms with E-state index >= 15 is 0 Å². The van der Waals surface area contributed by atoms with E-state index in [-0.39, 0.29) is 11.9 Å². The lowest BCUT2D eigenvalue weighted by Crippen LogP contribution is -2.59. The van der Waals surface area contributed by atoms with Crippen LogP contribution in [0.15, 0.2) is 24.3 Å². The Bertz CT molecular complexity index is 478. The lowest BCUT2D eigenvalue weighted by atomic mass is 9.79. The molecule has 2 N–H and O–H groups in total. The SMILES string of the molecule is COC(=O)C1(Nc2ccccc2OC)CCNCC1C. The van der Waals surface area contributed by atoms with Gasteiger partial charge in [0.15, 0.2) is 0 Å². The second-order valence-corrected chi connectivity index (χ2v) is 5.14. The number of anilines is 1. The molecule has 0 bridgehead atoms. The Morgan fingerprint density at radius 1 is 1.40 bits per heavy atom. The number of rotatable bonds is 4. The van der Waals surface area contributed by atoms with Crippen LogP contribution >= 0.6 is 0 Å². The fourth-order valence-corrected chi connectivity index (χ4v) is 2.74. The fraction of sp³-hybridized carbons (Fsp3) is 0.533. The minimum absolute atomic E-state index is 0.119. The van der Waals surface area contributed by atoms with Crippen molar-refractivity contribution in [2.45, 2.75) is 18.9 Å². The molecular weight excluding hydrogens is 256 g/mol. The number of esters is 1. The quantitative estimate of drug-likeness (QED) is 0.820. The Hall–Kier alpha value is -1.75. The molecule has 5 heteroatoms. The van der Waals surface area contributed by atoms with Gasteiger partial charge in [0.1, 0.15) is 11.3 Å². The molecule has 1 aliphatic heterocycles. The van der Waals surface area contributed by atoms with E-state index in [1.807, 2.05) is 31.2 Å². The van der Waals surface area contributed by atoms with Crippen molar-refractivity contribution in [3.63, 3.8) is 0 Å². The second kappa shape index (κ2) is 6.13. The summed E-state index contributed by atoms with van der Waals surface area (Å²) in [6.45, 7) is 3.60. The van der Waals surface area contributed by atoms with Crippen LogP contribution in [0.3, 0.4) is 0 Å². The maximum atomic E-state index is 12.3. The summed E-state index contributed by atoms with van der Waals surface area (Å²) in [5, 5.41) is 6.68. The van der Waals surface area contributed by atoms with Crippen LogP contribution in [0.2, 0.25) is 0 Å². The monoisotopic (exact) mass is 278 g/mol. The highest BCUT2D eigenvalue weighted by molar-refractivity contribution is 5.86. The molecule has 1 heterocycles. The van der Waals surface area contributed by atoms with E-state index in [1.54, 1.807) is 7.11 Å². The first-order valence-electron chi connectivity index (χ1n) is 6.84. The molecule has 20 heavy (non-hydrogen) atoms. The van der Waals surface area contributed by atoms with Crippen molar-refractivity contribution in [2.24, 2.45) is 5.92 Å². The maximum absolute atomic E-state index is 12.3. The van der Waals surface area contributed by atoms with Crippen LogP contribution in [0, 0.1) is 5.92 Å². The predicted molar refractivity (Wildman–Crippen MR) is 78.0 cm³/mol. The van der Waals surface area contributed by atoms with Crippen LogP contribution in [0.1, 0.15) is 13.3 Å². The summed E-state index contributed by atoms with van der Waals surface area (Å²) >= 11 is 0. The van der Waals surface area contributed by atoms with Gasteiger partial charge in [0.25, 0.3) is 0 Å². The Kier molecular flexibility index (Phi) is 4.49. The van der Waals surface area contributed by atoms with Crippen LogP contribution in [0.4, 0.5) is 5.69 Å². The molecule has 1 aromatic rings. The number of piperidine rings is 1. The number of nitrogens with one attached hydrogen (secondary N) is 2. The number of para-hydroxylation sites is 2. The largest absolute Gasteiger partial charge is 0.495 e. The summed E-state index contributed by atoms with van der Waals surface area (Å²) in [5.41, 5.74) is 0.100. The molecule has 1 fully saturated rings. The van der Waals surface area contributed by atoms with Crippen LogP contribution < -0.4 is 15.4 Å². The van der Waals surface area contributed by atoms with Crippen molar-refractivity contribution in [1.29, 1.82) is 0 Å². The van der Waals surface area contributed by atoms with Crippen LogP contribution in [-0.2, 0) is 9.53 Å². The van der Waals surface area contributed by atoms with Crippen LogP contribution in [0.25, 0.3) is 0 Å². The van der Waals surface area contributed by atoms with Gasteiger partial charge in [-0.25, -0.2) is 4.79 Å². The van der Waals surface area contributed by atoms with Gasteiger partial charge in [0, 0.05) is 12.5 Å². The number of hydrogen-bond acceptors (Lipinski definition) is 5. The predicted octanol–water partition coefficient (Wildman–Crippen LogP) is 1.65. The van der Waals surface area contributed by atoms with E-state index in [1.165, 1.54) is 7.11 Å². The summed E-state index contributed by atoms with van der Waals surface area (Å²) in [4.78, 5) is 12.3. The molecule has 2 unspecified atom stereocenters. The molecule has 0 aromatic heterocycles. The van der Waals surface area contributed by atoms with E-state index in [2.05, 4.69) is 10.6 Å². The van der Waals surface area contributed by atoms with Crippen LogP contribution in [-0.4, -0.2) is 38.8 Å². The average molecular weight is 278 g/mol. The number of ether oxygens (including phenoxy) is 2. The van der Waals surface area contributed by atoms with Gasteiger partial charge in [0.2, 0.25) is 0 Å². The minimum Gasteiger partial charge on any atom is -0.495 e. The third-order valence-corrected chi connectivity index (χ3v) is 4.00. The molecule has 0 saturated carbocycles. The van der Waals surface area contributed by atoms with Crippen molar-refractivity contribution in [3.8, 4) is 5.75 Å². The Morgan fingerprint density at radius 2 is 2.15 bits per heavy atom. The zero-order valence-corrected chi connectivity index (χ0v) is 12.2. The molecule has 2 rings (SSSR count). The first-order chi connectivity index (χ1) is 9.64. The molecule has 5 nitrogen and oxygen atoms in total. The molecule has 0 spiro atoms. The summed E-state index contributed by atoms with van der Waals surface area (Å²) in [5.74, 6) is 0.618. The number of carbonyl (C=O) groups excluding carboxylic acids is 1. The highest BCUT2D eigenvalue weighted by atomic mass is 16.5. The smallest absolute Gasteiger partial charge is 0.331 e. The van der Waals surface area contributed by atoms with Crippen molar-refractivity contribution in [2.75, 3.05) is 32.6 Å². The standard InChI is InChI=1S/C15H22N2O3/c1-11-10-16-9-8-15(11,14(18)20-3)17-12-6-4-5-7-13(12)19-2/h4-7,11,16-17H,8-10H2,1-3H3. The third-order valence-electron chi connectivity index (χ3n) is 4.00. The van der Waals surface area contributed by atoms with Gasteiger partial charge in [-0.15, -0.1) is 0 Å². The second-order valence-electron chi connectivity index (χ2n) is 5.14. The van der Waals surface area contributed by atoms with Gasteiger partial charge < -0.3 is 20.1 Å². The molecule has 1 saturated heterocycles. The van der Waals surface area contributed by atoms with Gasteiger partial charge in [0.05, 0.1) is 19.9 Å². The van der Waals surface area contributed by atoms with E-state index in [9.17, 15) is 4.79 Å². The van der Waals surface area contributed by atoms with E-state index in [0.29, 0.717) is 6.42 Å². The summed E-state index contributed by atoms with van der Waals surface area (Å²) < 4.78 is 10.4. The van der Waals surface area contributed by atoms with Crippen molar-refractivity contribution < 1.29 is 14.3 Å². The normalized spacial score (nSPS) is 25.9. The number of hydrogen-bond donors (Lipinski definition) is 2. The van der Waals surface area contributed by atoms with Gasteiger partial charge in [-0.3, -0.25) is 0 Å². The molecule has 0 aliphatic carbocycles. The van der Waals surface area contributed by atoms with Gasteiger partial charge >= 0.3 is 5.97 Å². The zero-order chi connectivity index (χ0) is 14.6. The topological polar surface area (TPSA) is 59.6 Å². The summed E-state index contributed by atoms with van der Waals surface area (Å²) in [6, 6.07) is 7.61. The van der Waals surface area contributed by atoms with Crippen molar-refractivity contribution >= 4 is 11.7 Å². The lowest BCUT2D eigenvalue weighted by Gasteiger charge is -2.41. The molecule has 0 radical (unpaired) electrons. The molecule has 2 atom stereocenters. The van der Waals surface area contributed by atoms with Gasteiger partial charge in [-0.1, -0.05) is 19.1 Å². The Morgan fingerprint density at radius 3 is 2.80 bits per heavy atom. The summed E-state index contributed by atoms with van der Waals surface area (Å²) in [7, 11) is 3.06. The molecule has 110 valence electrons. The van der Waals surface area contributed by atoms with E-state index < -0.39 is 5.54 Å². The van der Waals surface area contributed by atoms with Gasteiger partial charge in [-0.05, 0) is 25.1 Å². The first-order valence-corrected chi connectivity index (χ1v) is 6.84. The lowest BCUT2D eigenvalue weighted by molar-refractivity contribution is -0.148. The molecule has 0 amide bonds. The molecule has 1 aromatic carbocycles. The average Bonchev–Trinajstić information content (AvgIpc) is 2.49. The first kappa shape index (κ1) is 14.7. The highest BCUT2D eigenvalue weighted by Gasteiger charge is 2.46. The number of benzene rings is 1. The van der Waals surface area contributed by atoms with Crippen molar-refractivity contribution in [1.82, 2.24) is 5.32 Å². The summed E-state index contributed by atoms with van der Waals surface area (Å²) in [6.07, 6.45) is 0.679. The number of carbonyl (C=O) groups is 1. The molecule has 1 aliphatic rings. The Labute approximate surface area is 119 Å². The van der Waals surface area contributed by atoms with E-state index in [0.717, 1.165) is 24.5 Å². The highest BCUT2D eigenvalue weighted by Crippen LogP contribution is 2.34. The van der Waals surface area contributed by atoms with Crippen LogP contribution in [0.5, 0.6) is 5.75 Å². The Balaban J connectivity index is 2.35. The number of methoxy groups -OCH3 is 2. The maximum Gasteiger partial charge on any atom is 0.331 e. The van der Waals surface area contributed by atoms with Gasteiger partial charge in [-0.2, -0.15) is 0 Å². The van der Waals surface area contributed by atoms with E-state index in [4.69, 9.17) is 9.47 Å². The molecular formula is C15H22N2O3. The third kappa shape index (κ3) is 2.58. The zero-order valence-electron chi connectivity index (χ0n) is 12.2. The van der Waals surface area contributed by atoms with Crippen molar-refractivity contribution in [3.05, 3.63) is 24.3 Å². The minimum atomic E-state index is -0.714. The fourth-order valence-electron chi connectivity index (χ4n) is 2.74.